The maximum Gasteiger partial charge on any atom is 0.280 e. The molecule has 0 saturated carbocycles. The van der Waals surface area contributed by atoms with Crippen LogP contribution in [0.2, 0.25) is 0 Å². The average molecular weight is 503 g/mol. The van der Waals surface area contributed by atoms with Gasteiger partial charge in [0.05, 0.1) is 41.5 Å². The highest BCUT2D eigenvalue weighted by Gasteiger charge is 2.31. The quantitative estimate of drug-likeness (QED) is 0.225. The molecule has 0 spiro atoms. The Morgan fingerprint density at radius 1 is 1.04 bits per heavy atom. The number of halogens is 2. The Labute approximate surface area is 173 Å². The molecule has 144 valence electrons. The lowest BCUT2D eigenvalue weighted by Crippen LogP contribution is -2.20. The molecular formula is C18H17Br2NO6. The summed E-state index contributed by atoms with van der Waals surface area (Å²) in [6.45, 7) is 0. The van der Waals surface area contributed by atoms with Gasteiger partial charge in [-0.3, -0.25) is 14.9 Å². The average Bonchev–Trinajstić information content (AvgIpc) is 2.70. The van der Waals surface area contributed by atoms with E-state index in [0.29, 0.717) is 22.8 Å². The maximum absolute atomic E-state index is 12.8. The van der Waals surface area contributed by atoms with Gasteiger partial charge in [-0.1, -0.05) is 44.0 Å². The molecule has 0 aliphatic heterocycles. The summed E-state index contributed by atoms with van der Waals surface area (Å²) in [5.74, 6) is 0.890. The number of hydrogen-bond donors (Lipinski definition) is 0. The van der Waals surface area contributed by atoms with Gasteiger partial charge in [-0.05, 0) is 23.8 Å². The van der Waals surface area contributed by atoms with Crippen LogP contribution in [-0.2, 0) is 0 Å². The SMILES string of the molecule is COc1cc([C@H](Br)[C@H](Br)C(=O)c2ccccc2[N+](=O)[O-])cc(OC)c1OC. The molecule has 0 aliphatic rings. The van der Waals surface area contributed by atoms with Crippen molar-refractivity contribution in [2.45, 2.75) is 9.65 Å². The number of ketones is 1. The lowest BCUT2D eigenvalue weighted by molar-refractivity contribution is -0.385. The van der Waals surface area contributed by atoms with Gasteiger partial charge in [-0.15, -0.1) is 0 Å². The molecule has 9 heteroatoms. The smallest absolute Gasteiger partial charge is 0.280 e. The number of nitro benzene ring substituents is 1. The van der Waals surface area contributed by atoms with Gasteiger partial charge in [0.1, 0.15) is 0 Å². The summed E-state index contributed by atoms with van der Waals surface area (Å²) >= 11 is 6.86. The Kier molecular flexibility index (Phi) is 7.20. The summed E-state index contributed by atoms with van der Waals surface area (Å²) in [7, 11) is 4.49. The zero-order valence-corrected chi connectivity index (χ0v) is 17.9. The number of carbonyl (C=O) groups is 1. The van der Waals surface area contributed by atoms with Crippen LogP contribution in [0.3, 0.4) is 0 Å². The van der Waals surface area contributed by atoms with Gasteiger partial charge >= 0.3 is 0 Å². The van der Waals surface area contributed by atoms with Crippen molar-refractivity contribution in [3.63, 3.8) is 0 Å². The molecular weight excluding hydrogens is 486 g/mol. The lowest BCUT2D eigenvalue weighted by Gasteiger charge is -2.19. The number of nitrogens with zero attached hydrogens (tertiary/aromatic N) is 1. The van der Waals surface area contributed by atoms with Gasteiger partial charge in [-0.25, -0.2) is 0 Å². The standard InChI is InChI=1S/C18H17Br2NO6/c1-25-13-8-10(9-14(26-2)18(13)27-3)15(19)16(20)17(22)11-6-4-5-7-12(11)21(23)24/h4-9,15-16H,1-3H3/t15-,16-/m0/s1. The van der Waals surface area contributed by atoms with Crippen molar-refractivity contribution in [3.05, 3.63) is 57.6 Å². The second kappa shape index (κ2) is 9.18. The van der Waals surface area contributed by atoms with Crippen molar-refractivity contribution >= 4 is 43.3 Å². The number of rotatable bonds is 8. The fourth-order valence-electron chi connectivity index (χ4n) is 2.55. The molecule has 0 unspecified atom stereocenters. The van der Waals surface area contributed by atoms with Crippen LogP contribution in [0.1, 0.15) is 20.7 Å². The van der Waals surface area contributed by atoms with E-state index >= 15 is 0 Å². The summed E-state index contributed by atoms with van der Waals surface area (Å²) < 4.78 is 16.0. The van der Waals surface area contributed by atoms with E-state index in [4.69, 9.17) is 14.2 Å². The summed E-state index contributed by atoms with van der Waals surface area (Å²) in [4.78, 5) is 22.2. The normalized spacial score (nSPS) is 12.8. The molecule has 0 aromatic heterocycles. The van der Waals surface area contributed by atoms with Gasteiger partial charge in [0.2, 0.25) is 5.75 Å². The van der Waals surface area contributed by atoms with E-state index in [1.165, 1.54) is 39.5 Å². The minimum atomic E-state index is -0.763. The Morgan fingerprint density at radius 2 is 1.59 bits per heavy atom. The molecule has 0 bridgehead atoms. The first-order valence-electron chi connectivity index (χ1n) is 7.71. The molecule has 0 heterocycles. The maximum atomic E-state index is 12.8. The monoisotopic (exact) mass is 501 g/mol. The number of nitro groups is 1. The van der Waals surface area contributed by atoms with Gasteiger partial charge < -0.3 is 14.2 Å². The molecule has 2 atom stereocenters. The predicted octanol–water partition coefficient (Wildman–Crippen LogP) is 4.70. The third kappa shape index (κ3) is 4.41. The molecule has 0 radical (unpaired) electrons. The number of benzene rings is 2. The predicted molar refractivity (Wildman–Crippen MR) is 108 cm³/mol. The number of Topliss-reactive ketones (excluding diaryl/α,β-unsaturated/α-hetero) is 1. The van der Waals surface area contributed by atoms with Crippen LogP contribution in [0.25, 0.3) is 0 Å². The Balaban J connectivity index is 2.41. The van der Waals surface area contributed by atoms with E-state index in [9.17, 15) is 14.9 Å². The number of hydrogen-bond acceptors (Lipinski definition) is 6. The number of para-hydroxylation sites is 1. The largest absolute Gasteiger partial charge is 0.493 e. The first kappa shape index (κ1) is 21.2. The van der Waals surface area contributed by atoms with Crippen LogP contribution in [0.15, 0.2) is 36.4 Å². The third-order valence-electron chi connectivity index (χ3n) is 3.88. The van der Waals surface area contributed by atoms with Crippen molar-refractivity contribution in [1.29, 1.82) is 0 Å². The second-order valence-electron chi connectivity index (χ2n) is 5.40. The Hall–Kier alpha value is -2.13. The number of ether oxygens (including phenoxy) is 3. The van der Waals surface area contributed by atoms with E-state index in [-0.39, 0.29) is 11.3 Å². The van der Waals surface area contributed by atoms with E-state index in [2.05, 4.69) is 31.9 Å². The molecule has 2 rings (SSSR count). The zero-order chi connectivity index (χ0) is 20.1. The fourth-order valence-corrected chi connectivity index (χ4v) is 3.61. The summed E-state index contributed by atoms with van der Waals surface area (Å²) in [5, 5.41) is 11.2. The topological polar surface area (TPSA) is 87.9 Å². The Bertz CT molecular complexity index is 832. The molecule has 0 amide bonds. The highest BCUT2D eigenvalue weighted by atomic mass is 79.9. The van der Waals surface area contributed by atoms with E-state index in [1.807, 2.05) is 0 Å². The van der Waals surface area contributed by atoms with E-state index in [0.717, 1.165) is 0 Å². The zero-order valence-electron chi connectivity index (χ0n) is 14.8. The molecule has 0 saturated heterocycles. The van der Waals surface area contributed by atoms with Gasteiger partial charge in [0, 0.05) is 6.07 Å². The van der Waals surface area contributed by atoms with Crippen LogP contribution in [0.5, 0.6) is 17.2 Å². The van der Waals surface area contributed by atoms with Crippen molar-refractivity contribution in [3.8, 4) is 17.2 Å². The van der Waals surface area contributed by atoms with Crippen molar-refractivity contribution in [1.82, 2.24) is 0 Å². The molecule has 7 nitrogen and oxygen atoms in total. The molecule has 0 aliphatic carbocycles. The van der Waals surface area contributed by atoms with Crippen molar-refractivity contribution in [2.75, 3.05) is 21.3 Å². The first-order chi connectivity index (χ1) is 12.8. The first-order valence-corrected chi connectivity index (χ1v) is 9.54. The molecule has 0 fully saturated rings. The van der Waals surface area contributed by atoms with E-state index in [1.54, 1.807) is 18.2 Å². The minimum absolute atomic E-state index is 0.0290. The minimum Gasteiger partial charge on any atom is -0.493 e. The molecule has 2 aromatic rings. The molecule has 27 heavy (non-hydrogen) atoms. The number of methoxy groups -OCH3 is 3. The number of alkyl halides is 2. The third-order valence-corrected chi connectivity index (χ3v) is 6.59. The van der Waals surface area contributed by atoms with Crippen molar-refractivity contribution < 1.29 is 23.9 Å². The summed E-state index contributed by atoms with van der Waals surface area (Å²) in [6, 6.07) is 9.26. The fraction of sp³-hybridized carbons (Fsp3) is 0.278. The number of carbonyl (C=O) groups excluding carboxylic acids is 1. The van der Waals surface area contributed by atoms with Gasteiger partial charge in [0.25, 0.3) is 5.69 Å². The second-order valence-corrected chi connectivity index (χ2v) is 7.37. The highest BCUT2D eigenvalue weighted by molar-refractivity contribution is 9.12. The Morgan fingerprint density at radius 3 is 2.07 bits per heavy atom. The van der Waals surface area contributed by atoms with Gasteiger partial charge in [-0.2, -0.15) is 0 Å². The molecule has 2 aromatic carbocycles. The van der Waals surface area contributed by atoms with E-state index < -0.39 is 20.4 Å². The molecule has 0 N–H and O–H groups in total. The van der Waals surface area contributed by atoms with Crippen LogP contribution >= 0.6 is 31.9 Å². The van der Waals surface area contributed by atoms with Crippen LogP contribution < -0.4 is 14.2 Å². The highest BCUT2D eigenvalue weighted by Crippen LogP contribution is 2.43. The lowest BCUT2D eigenvalue weighted by atomic mass is 10.0. The van der Waals surface area contributed by atoms with Crippen LogP contribution in [0, 0.1) is 10.1 Å². The van der Waals surface area contributed by atoms with Crippen molar-refractivity contribution in [2.24, 2.45) is 0 Å². The van der Waals surface area contributed by atoms with Crippen LogP contribution in [-0.4, -0.2) is 36.9 Å². The summed E-state index contributed by atoms with van der Waals surface area (Å²) in [6.07, 6.45) is 0. The van der Waals surface area contributed by atoms with Crippen LogP contribution in [0.4, 0.5) is 5.69 Å². The summed E-state index contributed by atoms with van der Waals surface area (Å²) in [5.41, 5.74) is 0.469. The van der Waals surface area contributed by atoms with Gasteiger partial charge in [0.15, 0.2) is 17.3 Å².